The summed E-state index contributed by atoms with van der Waals surface area (Å²) in [6.07, 6.45) is 1.01. The van der Waals surface area contributed by atoms with Gasteiger partial charge < -0.3 is 14.9 Å². The third kappa shape index (κ3) is 5.91. The summed E-state index contributed by atoms with van der Waals surface area (Å²) < 4.78 is 5.72. The number of allylic oxidation sites excluding steroid dienone is 1. The molecule has 0 amide bonds. The fraction of sp³-hybridized carbons (Fsp3) is 0.207. The number of hydrogen-bond acceptors (Lipinski definition) is 5. The number of benzene rings is 3. The first-order valence-corrected chi connectivity index (χ1v) is 11.5. The van der Waals surface area contributed by atoms with E-state index in [0.29, 0.717) is 11.1 Å². The number of hydrogen-bond donors (Lipinski definition) is 2. The molecule has 0 radical (unpaired) electrons. The van der Waals surface area contributed by atoms with Crippen molar-refractivity contribution in [2.24, 2.45) is 11.8 Å². The highest BCUT2D eigenvalue weighted by molar-refractivity contribution is 6.04. The van der Waals surface area contributed by atoms with E-state index in [-0.39, 0.29) is 18.6 Å². The highest BCUT2D eigenvalue weighted by Gasteiger charge is 2.44. The lowest BCUT2D eigenvalue weighted by atomic mass is 9.89. The van der Waals surface area contributed by atoms with Crippen LogP contribution in [0.25, 0.3) is 11.1 Å². The normalized spacial score (nSPS) is 21.6. The standard InChI is InChI=1S/C29H26O6/c30-25(21-9-5-2-6-10-21)16-15-23-24(17-28(32)33)26(31)18-27(23)35-29(34)22-13-11-20(12-14-22)19-7-3-1-4-8-19/h1-16,23-24,26-27,31H,17-18H2,(H,32,33)/t23-,24-,26+,27-/m1/s1. The molecule has 1 saturated carbocycles. The second kappa shape index (κ2) is 10.9. The molecule has 1 fully saturated rings. The summed E-state index contributed by atoms with van der Waals surface area (Å²) in [5, 5.41) is 19.9. The molecule has 0 aliphatic heterocycles. The number of esters is 1. The van der Waals surface area contributed by atoms with Crippen molar-refractivity contribution < 1.29 is 29.3 Å². The van der Waals surface area contributed by atoms with Gasteiger partial charge in [-0.15, -0.1) is 0 Å². The maximum Gasteiger partial charge on any atom is 0.338 e. The van der Waals surface area contributed by atoms with Crippen LogP contribution < -0.4 is 0 Å². The second-order valence-corrected chi connectivity index (χ2v) is 8.62. The van der Waals surface area contributed by atoms with Crippen LogP contribution in [0.15, 0.2) is 97.1 Å². The molecule has 6 heteroatoms. The van der Waals surface area contributed by atoms with E-state index >= 15 is 0 Å². The van der Waals surface area contributed by atoms with Crippen molar-refractivity contribution in [1.82, 2.24) is 0 Å². The number of carboxylic acids is 1. The summed E-state index contributed by atoms with van der Waals surface area (Å²) in [6, 6.07) is 25.4. The molecular formula is C29H26O6. The number of aliphatic hydroxyl groups is 1. The minimum absolute atomic E-state index is 0.0975. The van der Waals surface area contributed by atoms with Crippen LogP contribution >= 0.6 is 0 Å². The maximum absolute atomic E-state index is 12.9. The predicted octanol–water partition coefficient (Wildman–Crippen LogP) is 4.79. The van der Waals surface area contributed by atoms with E-state index in [1.54, 1.807) is 48.5 Å². The summed E-state index contributed by atoms with van der Waals surface area (Å²) in [7, 11) is 0. The molecule has 0 heterocycles. The largest absolute Gasteiger partial charge is 0.481 e. The summed E-state index contributed by atoms with van der Waals surface area (Å²) in [5.74, 6) is -3.16. The Morgan fingerprint density at radius 2 is 1.43 bits per heavy atom. The number of ether oxygens (including phenoxy) is 1. The number of rotatable bonds is 8. The molecule has 4 atom stereocenters. The molecule has 35 heavy (non-hydrogen) atoms. The van der Waals surface area contributed by atoms with Gasteiger partial charge in [-0.2, -0.15) is 0 Å². The number of carboxylic acid groups (broad SMARTS) is 1. The Morgan fingerprint density at radius 3 is 2.06 bits per heavy atom. The first-order chi connectivity index (χ1) is 16.9. The lowest BCUT2D eigenvalue weighted by molar-refractivity contribution is -0.139. The van der Waals surface area contributed by atoms with Gasteiger partial charge in [0.25, 0.3) is 0 Å². The van der Waals surface area contributed by atoms with Gasteiger partial charge in [-0.25, -0.2) is 4.79 Å². The Labute approximate surface area is 203 Å². The molecule has 2 N–H and O–H groups in total. The van der Waals surface area contributed by atoms with Gasteiger partial charge in [0.2, 0.25) is 0 Å². The molecule has 4 rings (SSSR count). The number of aliphatic carboxylic acids is 1. The molecule has 3 aromatic rings. The molecular weight excluding hydrogens is 444 g/mol. The average molecular weight is 471 g/mol. The quantitative estimate of drug-likeness (QED) is 0.279. The maximum atomic E-state index is 12.9. The zero-order valence-electron chi connectivity index (χ0n) is 19.0. The van der Waals surface area contributed by atoms with Crippen LogP contribution in [0, 0.1) is 11.8 Å². The Kier molecular flexibility index (Phi) is 7.53. The van der Waals surface area contributed by atoms with Crippen LogP contribution in [0.2, 0.25) is 0 Å². The topological polar surface area (TPSA) is 101 Å². The van der Waals surface area contributed by atoms with E-state index in [4.69, 9.17) is 4.74 Å². The van der Waals surface area contributed by atoms with Gasteiger partial charge in [0, 0.05) is 23.8 Å². The van der Waals surface area contributed by atoms with Crippen LogP contribution in [0.3, 0.4) is 0 Å². The highest BCUT2D eigenvalue weighted by Crippen LogP contribution is 2.38. The highest BCUT2D eigenvalue weighted by atomic mass is 16.5. The molecule has 178 valence electrons. The van der Waals surface area contributed by atoms with Crippen molar-refractivity contribution in [2.75, 3.05) is 0 Å². The Morgan fingerprint density at radius 1 is 0.829 bits per heavy atom. The average Bonchev–Trinajstić information content (AvgIpc) is 3.16. The molecule has 0 spiro atoms. The van der Waals surface area contributed by atoms with E-state index in [1.807, 2.05) is 42.5 Å². The lowest BCUT2D eigenvalue weighted by Gasteiger charge is -2.21. The zero-order valence-corrected chi connectivity index (χ0v) is 19.0. The van der Waals surface area contributed by atoms with Crippen molar-refractivity contribution in [3.05, 3.63) is 108 Å². The van der Waals surface area contributed by atoms with E-state index in [1.165, 1.54) is 6.08 Å². The lowest BCUT2D eigenvalue weighted by Crippen LogP contribution is -2.26. The minimum Gasteiger partial charge on any atom is -0.481 e. The van der Waals surface area contributed by atoms with Crippen molar-refractivity contribution in [3.63, 3.8) is 0 Å². The van der Waals surface area contributed by atoms with Crippen molar-refractivity contribution in [3.8, 4) is 11.1 Å². The fourth-order valence-electron chi connectivity index (χ4n) is 4.50. The number of aliphatic hydroxyl groups excluding tert-OH is 1. The smallest absolute Gasteiger partial charge is 0.338 e. The van der Waals surface area contributed by atoms with Crippen LogP contribution in [-0.2, 0) is 9.53 Å². The Bertz CT molecular complexity index is 1200. The van der Waals surface area contributed by atoms with Gasteiger partial charge in [-0.1, -0.05) is 78.9 Å². The van der Waals surface area contributed by atoms with E-state index in [0.717, 1.165) is 11.1 Å². The SMILES string of the molecule is O=C(O)C[C@@H]1[C@@H](C=CC(=O)c2ccccc2)[C@H](OC(=O)c2ccc(-c3ccccc3)cc2)C[C@@H]1O. The summed E-state index contributed by atoms with van der Waals surface area (Å²) in [6.45, 7) is 0. The second-order valence-electron chi connectivity index (χ2n) is 8.62. The number of ketones is 1. The Hall–Kier alpha value is -4.03. The van der Waals surface area contributed by atoms with Crippen molar-refractivity contribution in [2.45, 2.75) is 25.0 Å². The van der Waals surface area contributed by atoms with Crippen LogP contribution in [-0.4, -0.2) is 40.1 Å². The van der Waals surface area contributed by atoms with Gasteiger partial charge in [0.1, 0.15) is 6.10 Å². The van der Waals surface area contributed by atoms with Crippen molar-refractivity contribution in [1.29, 1.82) is 0 Å². The summed E-state index contributed by atoms with van der Waals surface area (Å²) in [4.78, 5) is 36.8. The molecule has 0 unspecified atom stereocenters. The molecule has 0 aromatic heterocycles. The van der Waals surface area contributed by atoms with Gasteiger partial charge in [0.05, 0.1) is 18.1 Å². The fourth-order valence-corrected chi connectivity index (χ4v) is 4.50. The minimum atomic E-state index is -1.06. The molecule has 3 aromatic carbocycles. The first kappa shape index (κ1) is 24.1. The molecule has 0 bridgehead atoms. The molecule has 1 aliphatic rings. The monoisotopic (exact) mass is 470 g/mol. The molecule has 1 aliphatic carbocycles. The van der Waals surface area contributed by atoms with E-state index in [2.05, 4.69) is 0 Å². The van der Waals surface area contributed by atoms with E-state index in [9.17, 15) is 24.6 Å². The Balaban J connectivity index is 1.51. The molecule has 0 saturated heterocycles. The van der Waals surface area contributed by atoms with Crippen LogP contribution in [0.4, 0.5) is 0 Å². The zero-order chi connectivity index (χ0) is 24.8. The third-order valence-electron chi connectivity index (χ3n) is 6.32. The third-order valence-corrected chi connectivity index (χ3v) is 6.32. The summed E-state index contributed by atoms with van der Waals surface area (Å²) in [5.41, 5.74) is 2.82. The van der Waals surface area contributed by atoms with E-state index < -0.39 is 36.0 Å². The molecule has 6 nitrogen and oxygen atoms in total. The van der Waals surface area contributed by atoms with Gasteiger partial charge in [0.15, 0.2) is 5.78 Å². The van der Waals surface area contributed by atoms with Gasteiger partial charge in [-0.3, -0.25) is 9.59 Å². The number of carbonyl (C=O) groups excluding carboxylic acids is 2. The van der Waals surface area contributed by atoms with Gasteiger partial charge >= 0.3 is 11.9 Å². The predicted molar refractivity (Wildman–Crippen MR) is 131 cm³/mol. The number of carbonyl (C=O) groups is 3. The summed E-state index contributed by atoms with van der Waals surface area (Å²) >= 11 is 0. The van der Waals surface area contributed by atoms with Crippen LogP contribution in [0.1, 0.15) is 33.6 Å². The van der Waals surface area contributed by atoms with Crippen molar-refractivity contribution >= 4 is 17.7 Å². The van der Waals surface area contributed by atoms with Crippen LogP contribution in [0.5, 0.6) is 0 Å². The van der Waals surface area contributed by atoms with Gasteiger partial charge in [-0.05, 0) is 29.3 Å². The first-order valence-electron chi connectivity index (χ1n) is 11.5.